The van der Waals surface area contributed by atoms with E-state index < -0.39 is 5.97 Å². The topological polar surface area (TPSA) is 46.5 Å². The second-order valence-electron chi connectivity index (χ2n) is 5.60. The molecule has 0 saturated heterocycles. The first-order chi connectivity index (χ1) is 9.12. The molecule has 100 valence electrons. The first-order valence-corrected chi connectivity index (χ1v) is 6.77. The number of hydrogen-bond acceptors (Lipinski definition) is 2. The summed E-state index contributed by atoms with van der Waals surface area (Å²) in [6.45, 7) is 2.46. The van der Waals surface area contributed by atoms with E-state index in [4.69, 9.17) is 9.84 Å². The molecule has 0 bridgehead atoms. The number of rotatable bonds is 1. The van der Waals surface area contributed by atoms with Crippen LogP contribution in [0.1, 0.15) is 38.2 Å². The van der Waals surface area contributed by atoms with Crippen LogP contribution >= 0.6 is 0 Å². The summed E-state index contributed by atoms with van der Waals surface area (Å²) < 4.78 is 5.80. The van der Waals surface area contributed by atoms with Crippen molar-refractivity contribution in [3.05, 3.63) is 41.0 Å². The van der Waals surface area contributed by atoms with Crippen LogP contribution in [0.5, 0.6) is 5.75 Å². The van der Waals surface area contributed by atoms with Crippen molar-refractivity contribution in [1.82, 2.24) is 0 Å². The van der Waals surface area contributed by atoms with E-state index in [0.29, 0.717) is 5.57 Å². The van der Waals surface area contributed by atoms with Gasteiger partial charge in [-0.25, -0.2) is 4.79 Å². The van der Waals surface area contributed by atoms with E-state index >= 15 is 0 Å². The molecule has 1 N–H and O–H groups in total. The third kappa shape index (κ3) is 1.93. The Balaban J connectivity index is 1.85. The summed E-state index contributed by atoms with van der Waals surface area (Å²) in [5.74, 6) is 0.221. The number of benzene rings is 1. The summed E-state index contributed by atoms with van der Waals surface area (Å²) >= 11 is 0. The summed E-state index contributed by atoms with van der Waals surface area (Å²) in [7, 11) is 0. The summed E-state index contributed by atoms with van der Waals surface area (Å²) in [5, 5.41) is 9.07. The molecule has 1 heterocycles. The lowest BCUT2D eigenvalue weighted by Crippen LogP contribution is -2.31. The molecule has 3 rings (SSSR count). The molecule has 3 nitrogen and oxygen atoms in total. The zero-order valence-electron chi connectivity index (χ0n) is 11.1. The number of allylic oxidation sites excluding steroid dienone is 1. The average Bonchev–Trinajstić information content (AvgIpc) is 2.78. The Morgan fingerprint density at radius 1 is 1.26 bits per heavy atom. The quantitative estimate of drug-likeness (QED) is 0.786. The number of carboxylic acid groups (broad SMARTS) is 1. The van der Waals surface area contributed by atoms with E-state index in [1.807, 2.05) is 12.1 Å². The van der Waals surface area contributed by atoms with Crippen molar-refractivity contribution < 1.29 is 14.6 Å². The molecular formula is C16H18O3. The smallest absolute Gasteiger partial charge is 0.331 e. The van der Waals surface area contributed by atoms with Crippen molar-refractivity contribution in [2.45, 2.75) is 38.0 Å². The highest BCUT2D eigenvalue weighted by molar-refractivity contribution is 5.86. The summed E-state index contributed by atoms with van der Waals surface area (Å²) in [6, 6.07) is 8.24. The highest BCUT2D eigenvalue weighted by Crippen LogP contribution is 2.49. The fourth-order valence-electron chi connectivity index (χ4n) is 3.29. The Kier molecular flexibility index (Phi) is 2.85. The summed E-state index contributed by atoms with van der Waals surface area (Å²) in [6.07, 6.45) is 3.72. The Bertz CT molecular complexity index is 547. The van der Waals surface area contributed by atoms with Gasteiger partial charge in [-0.05, 0) is 38.7 Å². The molecule has 0 atom stereocenters. The summed E-state index contributed by atoms with van der Waals surface area (Å²) in [4.78, 5) is 11.0. The Morgan fingerprint density at radius 2 is 1.95 bits per heavy atom. The van der Waals surface area contributed by atoms with Crippen LogP contribution < -0.4 is 4.74 Å². The van der Waals surface area contributed by atoms with Gasteiger partial charge in [-0.3, -0.25) is 0 Å². The van der Waals surface area contributed by atoms with Gasteiger partial charge in [0.2, 0.25) is 0 Å². The van der Waals surface area contributed by atoms with Gasteiger partial charge in [0.05, 0.1) is 6.61 Å². The maximum absolute atomic E-state index is 11.0. The van der Waals surface area contributed by atoms with E-state index in [0.717, 1.165) is 43.6 Å². The molecule has 1 aromatic rings. The monoisotopic (exact) mass is 258 g/mol. The van der Waals surface area contributed by atoms with Crippen molar-refractivity contribution in [3.8, 4) is 5.75 Å². The Morgan fingerprint density at radius 3 is 2.63 bits per heavy atom. The number of carboxylic acids is 1. The number of para-hydroxylation sites is 1. The molecule has 0 aromatic heterocycles. The van der Waals surface area contributed by atoms with Crippen LogP contribution in [0.3, 0.4) is 0 Å². The minimum atomic E-state index is -0.783. The van der Waals surface area contributed by atoms with Gasteiger partial charge in [0.1, 0.15) is 5.75 Å². The van der Waals surface area contributed by atoms with E-state index in [9.17, 15) is 4.79 Å². The molecule has 1 aliphatic carbocycles. The van der Waals surface area contributed by atoms with Gasteiger partial charge < -0.3 is 9.84 Å². The first kappa shape index (κ1) is 12.3. The predicted octanol–water partition coefficient (Wildman–Crippen LogP) is 3.29. The molecule has 1 aliphatic heterocycles. The molecule has 3 heteroatoms. The molecule has 19 heavy (non-hydrogen) atoms. The third-order valence-electron chi connectivity index (χ3n) is 4.62. The van der Waals surface area contributed by atoms with Gasteiger partial charge in [-0.2, -0.15) is 0 Å². The maximum Gasteiger partial charge on any atom is 0.331 e. The van der Waals surface area contributed by atoms with Gasteiger partial charge in [0, 0.05) is 16.6 Å². The molecule has 1 saturated carbocycles. The first-order valence-electron chi connectivity index (χ1n) is 6.77. The molecule has 1 spiro atoms. The second kappa shape index (κ2) is 4.41. The maximum atomic E-state index is 11.0. The molecule has 0 radical (unpaired) electrons. The fraction of sp³-hybridized carbons (Fsp3) is 0.438. The van der Waals surface area contributed by atoms with Crippen LogP contribution in [0, 0.1) is 0 Å². The molecular weight excluding hydrogens is 240 g/mol. The van der Waals surface area contributed by atoms with E-state index in [1.54, 1.807) is 6.92 Å². The lowest BCUT2D eigenvalue weighted by atomic mass is 9.69. The predicted molar refractivity (Wildman–Crippen MR) is 72.4 cm³/mol. The van der Waals surface area contributed by atoms with E-state index in [2.05, 4.69) is 12.1 Å². The molecule has 1 aromatic carbocycles. The zero-order valence-corrected chi connectivity index (χ0v) is 11.1. The van der Waals surface area contributed by atoms with E-state index in [1.165, 1.54) is 5.56 Å². The number of aliphatic carboxylic acids is 1. The van der Waals surface area contributed by atoms with Gasteiger partial charge in [0.25, 0.3) is 0 Å². The highest BCUT2D eigenvalue weighted by Gasteiger charge is 2.42. The molecule has 2 aliphatic rings. The minimum Gasteiger partial charge on any atom is -0.492 e. The lowest BCUT2D eigenvalue weighted by Gasteiger charge is -2.34. The van der Waals surface area contributed by atoms with Crippen molar-refractivity contribution in [2.75, 3.05) is 6.61 Å². The SMILES string of the molecule is CC(C(=O)O)=C1CCC2(CC1)COc1ccccc12. The molecule has 1 fully saturated rings. The van der Waals surface area contributed by atoms with Crippen LogP contribution in [0.25, 0.3) is 0 Å². The average molecular weight is 258 g/mol. The Labute approximate surface area is 112 Å². The highest BCUT2D eigenvalue weighted by atomic mass is 16.5. The lowest BCUT2D eigenvalue weighted by molar-refractivity contribution is -0.132. The second-order valence-corrected chi connectivity index (χ2v) is 5.60. The fourth-order valence-corrected chi connectivity index (χ4v) is 3.29. The van der Waals surface area contributed by atoms with Crippen LogP contribution in [-0.2, 0) is 10.2 Å². The molecule has 0 unspecified atom stereocenters. The zero-order chi connectivity index (χ0) is 13.5. The van der Waals surface area contributed by atoms with Crippen LogP contribution in [-0.4, -0.2) is 17.7 Å². The van der Waals surface area contributed by atoms with Crippen LogP contribution in [0.2, 0.25) is 0 Å². The largest absolute Gasteiger partial charge is 0.492 e. The van der Waals surface area contributed by atoms with Crippen molar-refractivity contribution in [3.63, 3.8) is 0 Å². The van der Waals surface area contributed by atoms with Crippen LogP contribution in [0.4, 0.5) is 0 Å². The van der Waals surface area contributed by atoms with Crippen LogP contribution in [0.15, 0.2) is 35.4 Å². The normalized spacial score (nSPS) is 25.0. The number of carbonyl (C=O) groups is 1. The number of fused-ring (bicyclic) bond motifs is 2. The van der Waals surface area contributed by atoms with Gasteiger partial charge in [-0.15, -0.1) is 0 Å². The summed E-state index contributed by atoms with van der Waals surface area (Å²) in [5.41, 5.74) is 3.05. The van der Waals surface area contributed by atoms with Gasteiger partial charge in [0.15, 0.2) is 0 Å². The van der Waals surface area contributed by atoms with Crippen molar-refractivity contribution >= 4 is 5.97 Å². The Hall–Kier alpha value is -1.77. The standard InChI is InChI=1S/C16H18O3/c1-11(15(17)18)12-6-8-16(9-7-12)10-19-14-5-3-2-4-13(14)16/h2-5H,6-10H2,1H3,(H,17,18). The van der Waals surface area contributed by atoms with E-state index in [-0.39, 0.29) is 5.41 Å². The van der Waals surface area contributed by atoms with Crippen molar-refractivity contribution in [1.29, 1.82) is 0 Å². The number of ether oxygens (including phenoxy) is 1. The molecule has 0 amide bonds. The van der Waals surface area contributed by atoms with Crippen molar-refractivity contribution in [2.24, 2.45) is 0 Å². The van der Waals surface area contributed by atoms with Gasteiger partial charge in [-0.1, -0.05) is 23.8 Å². The third-order valence-corrected chi connectivity index (χ3v) is 4.62. The minimum absolute atomic E-state index is 0.110. The van der Waals surface area contributed by atoms with Gasteiger partial charge >= 0.3 is 5.97 Å². The number of hydrogen-bond donors (Lipinski definition) is 1.